The average molecular weight is 291 g/mol. The number of nitrogens with one attached hydrogen (secondary N) is 1. The fourth-order valence-corrected chi connectivity index (χ4v) is 2.51. The first-order valence-corrected chi connectivity index (χ1v) is 7.53. The Balaban J connectivity index is 2.07. The Bertz CT molecular complexity index is 628. The van der Waals surface area contributed by atoms with Gasteiger partial charge in [-0.2, -0.15) is 0 Å². The van der Waals surface area contributed by atoms with Gasteiger partial charge in [0.05, 0.1) is 10.2 Å². The molecule has 2 rings (SSSR count). The zero-order valence-corrected chi connectivity index (χ0v) is 13.2. The maximum atomic E-state index is 12.2. The lowest BCUT2D eigenvalue weighted by Gasteiger charge is -2.27. The van der Waals surface area contributed by atoms with Crippen LogP contribution in [0.25, 0.3) is 10.2 Å². The average Bonchev–Trinajstić information content (AvgIpc) is 2.73. The monoisotopic (exact) mass is 291 g/mol. The van der Waals surface area contributed by atoms with Gasteiger partial charge >= 0.3 is 0 Å². The standard InChI is InChI=1S/C15H21N3OS/c1-9(15(2,3)4)8-17-13(19)10-5-6-11-12(7-10)20-14(16)18-11/h5-7,9H,8H2,1-4H3,(H2,16,18)(H,17,19). The third kappa shape index (κ3) is 3.28. The first-order valence-electron chi connectivity index (χ1n) is 6.71. The molecule has 1 unspecified atom stereocenters. The van der Waals surface area contributed by atoms with Gasteiger partial charge in [0.25, 0.3) is 5.91 Å². The number of amides is 1. The van der Waals surface area contributed by atoms with Crippen molar-refractivity contribution in [2.45, 2.75) is 27.7 Å². The Morgan fingerprint density at radius 2 is 2.15 bits per heavy atom. The summed E-state index contributed by atoms with van der Waals surface area (Å²) in [7, 11) is 0. The van der Waals surface area contributed by atoms with Crippen LogP contribution in [0.4, 0.5) is 5.13 Å². The molecule has 108 valence electrons. The highest BCUT2D eigenvalue weighted by atomic mass is 32.1. The highest BCUT2D eigenvalue weighted by molar-refractivity contribution is 7.22. The molecular weight excluding hydrogens is 270 g/mol. The molecule has 1 aromatic heterocycles. The van der Waals surface area contributed by atoms with E-state index in [1.165, 1.54) is 11.3 Å². The summed E-state index contributed by atoms with van der Waals surface area (Å²) in [5.41, 5.74) is 7.35. The second kappa shape index (κ2) is 5.40. The van der Waals surface area contributed by atoms with E-state index < -0.39 is 0 Å². The molecule has 3 N–H and O–H groups in total. The molecule has 1 aromatic carbocycles. The molecule has 0 radical (unpaired) electrons. The number of hydrogen-bond acceptors (Lipinski definition) is 4. The number of benzene rings is 1. The summed E-state index contributed by atoms with van der Waals surface area (Å²) in [4.78, 5) is 16.4. The highest BCUT2D eigenvalue weighted by Crippen LogP contribution is 2.26. The lowest BCUT2D eigenvalue weighted by Crippen LogP contribution is -2.33. The van der Waals surface area contributed by atoms with Gasteiger partial charge in [-0.15, -0.1) is 0 Å². The number of carbonyl (C=O) groups is 1. The van der Waals surface area contributed by atoms with Gasteiger partial charge in [0.2, 0.25) is 0 Å². The summed E-state index contributed by atoms with van der Waals surface area (Å²) < 4.78 is 0.944. The minimum absolute atomic E-state index is 0.0463. The molecular formula is C15H21N3OS. The van der Waals surface area contributed by atoms with Crippen molar-refractivity contribution in [1.29, 1.82) is 0 Å². The SMILES string of the molecule is CC(CNC(=O)c1ccc2nc(N)sc2c1)C(C)(C)C. The van der Waals surface area contributed by atoms with Crippen molar-refractivity contribution in [3.8, 4) is 0 Å². The van der Waals surface area contributed by atoms with Crippen LogP contribution in [0.3, 0.4) is 0 Å². The lowest BCUT2D eigenvalue weighted by molar-refractivity contribution is 0.0937. The first-order chi connectivity index (χ1) is 9.27. The number of carbonyl (C=O) groups excluding carboxylic acids is 1. The Hall–Kier alpha value is -1.62. The molecule has 0 aliphatic rings. The van der Waals surface area contributed by atoms with Crippen LogP contribution in [0, 0.1) is 11.3 Å². The summed E-state index contributed by atoms with van der Waals surface area (Å²) in [6.45, 7) is 9.35. The molecule has 0 aliphatic carbocycles. The van der Waals surface area contributed by atoms with Crippen molar-refractivity contribution in [3.63, 3.8) is 0 Å². The molecule has 0 fully saturated rings. The maximum Gasteiger partial charge on any atom is 0.251 e. The third-order valence-corrected chi connectivity index (χ3v) is 4.56. The van der Waals surface area contributed by atoms with E-state index in [1.807, 2.05) is 12.1 Å². The van der Waals surface area contributed by atoms with Crippen molar-refractivity contribution < 1.29 is 4.79 Å². The van der Waals surface area contributed by atoms with E-state index in [2.05, 4.69) is 38.0 Å². The van der Waals surface area contributed by atoms with E-state index in [4.69, 9.17) is 5.73 Å². The highest BCUT2D eigenvalue weighted by Gasteiger charge is 2.20. The predicted octanol–water partition coefficient (Wildman–Crippen LogP) is 3.29. The van der Waals surface area contributed by atoms with Crippen LogP contribution >= 0.6 is 11.3 Å². The second-order valence-electron chi connectivity index (χ2n) is 6.21. The fourth-order valence-electron chi connectivity index (χ4n) is 1.74. The van der Waals surface area contributed by atoms with E-state index in [-0.39, 0.29) is 11.3 Å². The number of nitrogens with two attached hydrogens (primary N) is 1. The van der Waals surface area contributed by atoms with Crippen LogP contribution in [0.2, 0.25) is 0 Å². The van der Waals surface area contributed by atoms with E-state index in [0.717, 1.165) is 10.2 Å². The Labute approximate surface area is 123 Å². The van der Waals surface area contributed by atoms with Crippen molar-refractivity contribution in [2.75, 3.05) is 12.3 Å². The zero-order chi connectivity index (χ0) is 14.9. The van der Waals surface area contributed by atoms with E-state index in [0.29, 0.717) is 23.2 Å². The summed E-state index contributed by atoms with van der Waals surface area (Å²) in [6, 6.07) is 5.48. The number of thiazole rings is 1. The van der Waals surface area contributed by atoms with Crippen LogP contribution in [-0.4, -0.2) is 17.4 Å². The Kier molecular flexibility index (Phi) is 3.99. The minimum atomic E-state index is -0.0463. The topological polar surface area (TPSA) is 68.0 Å². The van der Waals surface area contributed by atoms with Crippen LogP contribution < -0.4 is 11.1 Å². The Morgan fingerprint density at radius 3 is 2.80 bits per heavy atom. The molecule has 1 amide bonds. The van der Waals surface area contributed by atoms with Gasteiger partial charge in [-0.25, -0.2) is 4.98 Å². The normalized spacial score (nSPS) is 13.4. The van der Waals surface area contributed by atoms with Gasteiger partial charge in [-0.1, -0.05) is 39.0 Å². The molecule has 0 bridgehead atoms. The summed E-state index contributed by atoms with van der Waals surface area (Å²) in [6.07, 6.45) is 0. The molecule has 4 nitrogen and oxygen atoms in total. The number of nitrogen functional groups attached to an aromatic ring is 1. The van der Waals surface area contributed by atoms with Gasteiger partial charge in [0, 0.05) is 12.1 Å². The Morgan fingerprint density at radius 1 is 1.45 bits per heavy atom. The van der Waals surface area contributed by atoms with Crippen molar-refractivity contribution in [1.82, 2.24) is 10.3 Å². The number of nitrogens with zero attached hydrogens (tertiary/aromatic N) is 1. The largest absolute Gasteiger partial charge is 0.375 e. The van der Waals surface area contributed by atoms with Gasteiger partial charge in [-0.3, -0.25) is 4.79 Å². The van der Waals surface area contributed by atoms with Crippen LogP contribution in [-0.2, 0) is 0 Å². The molecule has 0 aliphatic heterocycles. The van der Waals surface area contributed by atoms with E-state index in [9.17, 15) is 4.79 Å². The smallest absolute Gasteiger partial charge is 0.251 e. The van der Waals surface area contributed by atoms with Crippen molar-refractivity contribution >= 4 is 32.6 Å². The van der Waals surface area contributed by atoms with Crippen LogP contribution in [0.15, 0.2) is 18.2 Å². The fraction of sp³-hybridized carbons (Fsp3) is 0.467. The van der Waals surface area contributed by atoms with Gasteiger partial charge in [-0.05, 0) is 29.5 Å². The second-order valence-corrected chi connectivity index (χ2v) is 7.27. The number of fused-ring (bicyclic) bond motifs is 1. The van der Waals surface area contributed by atoms with Crippen molar-refractivity contribution in [2.24, 2.45) is 11.3 Å². The van der Waals surface area contributed by atoms with Crippen LogP contribution in [0.1, 0.15) is 38.1 Å². The van der Waals surface area contributed by atoms with Crippen molar-refractivity contribution in [3.05, 3.63) is 23.8 Å². The number of hydrogen-bond donors (Lipinski definition) is 2. The lowest BCUT2D eigenvalue weighted by atomic mass is 9.82. The summed E-state index contributed by atoms with van der Waals surface area (Å²) in [5, 5.41) is 3.52. The summed E-state index contributed by atoms with van der Waals surface area (Å²) in [5.74, 6) is 0.365. The summed E-state index contributed by atoms with van der Waals surface area (Å²) >= 11 is 1.40. The van der Waals surface area contributed by atoms with Crippen LogP contribution in [0.5, 0.6) is 0 Å². The van der Waals surface area contributed by atoms with Gasteiger partial charge in [0.15, 0.2) is 5.13 Å². The molecule has 1 heterocycles. The van der Waals surface area contributed by atoms with E-state index >= 15 is 0 Å². The zero-order valence-electron chi connectivity index (χ0n) is 12.4. The molecule has 20 heavy (non-hydrogen) atoms. The maximum absolute atomic E-state index is 12.2. The molecule has 0 spiro atoms. The number of anilines is 1. The molecule has 0 saturated heterocycles. The molecule has 1 atom stereocenters. The van der Waals surface area contributed by atoms with E-state index in [1.54, 1.807) is 6.07 Å². The first kappa shape index (κ1) is 14.8. The molecule has 2 aromatic rings. The van der Waals surface area contributed by atoms with Gasteiger partial charge < -0.3 is 11.1 Å². The molecule has 5 heteroatoms. The predicted molar refractivity (Wildman–Crippen MR) is 85.0 cm³/mol. The minimum Gasteiger partial charge on any atom is -0.375 e. The number of rotatable bonds is 3. The van der Waals surface area contributed by atoms with Gasteiger partial charge in [0.1, 0.15) is 0 Å². The third-order valence-electron chi connectivity index (χ3n) is 3.71. The number of aromatic nitrogens is 1. The molecule has 0 saturated carbocycles. The quantitative estimate of drug-likeness (QED) is 0.911.